The summed E-state index contributed by atoms with van der Waals surface area (Å²) >= 11 is 0.801. The van der Waals surface area contributed by atoms with Crippen LogP contribution in [0, 0.1) is 0 Å². The number of carbonyl (C=O) groups is 6. The van der Waals surface area contributed by atoms with Crippen molar-refractivity contribution >= 4 is 46.5 Å². The molecule has 0 aliphatic heterocycles. The van der Waals surface area contributed by atoms with E-state index in [9.17, 15) is 28.8 Å². The molecular formula is C17H20N4O7S. The fraction of sp³-hybridized carbons (Fsp3) is 0.294. The van der Waals surface area contributed by atoms with Gasteiger partial charge < -0.3 is 26.4 Å². The van der Waals surface area contributed by atoms with Crippen molar-refractivity contribution in [3.05, 3.63) is 35.9 Å². The Bertz CT molecular complexity index is 770. The Hall–Kier alpha value is -3.41. The zero-order valence-corrected chi connectivity index (χ0v) is 16.0. The van der Waals surface area contributed by atoms with Gasteiger partial charge in [0.05, 0.1) is 25.4 Å². The second-order valence-electron chi connectivity index (χ2n) is 5.44. The molecule has 11 nitrogen and oxygen atoms in total. The standard InChI is InChI=1S/C17H20N4O7S/c22-12(19-7-14(24)21-9-16(26)27)6-18-13(23)8-20-15(25)10-29-17(28)11-4-2-1-3-5-11/h1-5H,6-10H2,(H,18,23)(H,19,22)(H,20,25)(H,21,24)(H,26,27). The molecule has 0 aliphatic carbocycles. The van der Waals surface area contributed by atoms with Gasteiger partial charge in [-0.05, 0) is 0 Å². The Kier molecular flexibility index (Phi) is 10.5. The van der Waals surface area contributed by atoms with Gasteiger partial charge in [0.25, 0.3) is 0 Å². The maximum atomic E-state index is 11.9. The molecule has 1 aromatic rings. The third-order valence-electron chi connectivity index (χ3n) is 3.12. The molecule has 1 rings (SSSR count). The average molecular weight is 424 g/mol. The minimum atomic E-state index is -1.22. The minimum absolute atomic E-state index is 0.160. The second kappa shape index (κ2) is 12.9. The van der Waals surface area contributed by atoms with Crippen LogP contribution in [0.25, 0.3) is 0 Å². The Morgan fingerprint density at radius 2 is 1.14 bits per heavy atom. The lowest BCUT2D eigenvalue weighted by molar-refractivity contribution is -0.137. The summed E-state index contributed by atoms with van der Waals surface area (Å²) in [6.07, 6.45) is 0. The first-order valence-corrected chi connectivity index (χ1v) is 9.27. The second-order valence-corrected chi connectivity index (χ2v) is 6.39. The van der Waals surface area contributed by atoms with Crippen LogP contribution in [0.5, 0.6) is 0 Å². The highest BCUT2D eigenvalue weighted by Crippen LogP contribution is 2.11. The lowest BCUT2D eigenvalue weighted by Crippen LogP contribution is -2.45. The van der Waals surface area contributed by atoms with Gasteiger partial charge >= 0.3 is 5.97 Å². The van der Waals surface area contributed by atoms with E-state index in [1.165, 1.54) is 0 Å². The van der Waals surface area contributed by atoms with Gasteiger partial charge in [0.2, 0.25) is 28.7 Å². The summed E-state index contributed by atoms with van der Waals surface area (Å²) in [5.74, 6) is -3.90. The molecule has 0 fully saturated rings. The molecule has 0 spiro atoms. The number of carboxylic acid groups (broad SMARTS) is 1. The van der Waals surface area contributed by atoms with Gasteiger partial charge in [-0.15, -0.1) is 0 Å². The summed E-state index contributed by atoms with van der Waals surface area (Å²) in [6.45, 7) is -1.82. The van der Waals surface area contributed by atoms with Crippen LogP contribution in [0.15, 0.2) is 30.3 Å². The molecular weight excluding hydrogens is 404 g/mol. The molecule has 0 heterocycles. The molecule has 29 heavy (non-hydrogen) atoms. The predicted molar refractivity (Wildman–Crippen MR) is 103 cm³/mol. The highest BCUT2D eigenvalue weighted by atomic mass is 32.2. The van der Waals surface area contributed by atoms with E-state index in [0.717, 1.165) is 11.8 Å². The maximum Gasteiger partial charge on any atom is 0.322 e. The molecule has 5 N–H and O–H groups in total. The Morgan fingerprint density at radius 3 is 1.62 bits per heavy atom. The minimum Gasteiger partial charge on any atom is -0.480 e. The van der Waals surface area contributed by atoms with E-state index in [1.54, 1.807) is 30.3 Å². The molecule has 0 bridgehead atoms. The lowest BCUT2D eigenvalue weighted by atomic mass is 10.2. The first-order valence-electron chi connectivity index (χ1n) is 8.28. The summed E-state index contributed by atoms with van der Waals surface area (Å²) in [6, 6.07) is 8.43. The topological polar surface area (TPSA) is 171 Å². The smallest absolute Gasteiger partial charge is 0.322 e. The van der Waals surface area contributed by atoms with Gasteiger partial charge in [0.15, 0.2) is 0 Å². The van der Waals surface area contributed by atoms with Crippen LogP contribution >= 0.6 is 11.8 Å². The first kappa shape index (κ1) is 23.6. The maximum absolute atomic E-state index is 11.9. The van der Waals surface area contributed by atoms with Crippen molar-refractivity contribution in [1.82, 2.24) is 21.3 Å². The number of benzene rings is 1. The van der Waals surface area contributed by atoms with Gasteiger partial charge in [-0.2, -0.15) is 0 Å². The van der Waals surface area contributed by atoms with Gasteiger partial charge in [0, 0.05) is 5.56 Å². The van der Waals surface area contributed by atoms with Crippen molar-refractivity contribution < 1.29 is 33.9 Å². The summed E-state index contributed by atoms with van der Waals surface area (Å²) in [4.78, 5) is 68.1. The predicted octanol–water partition coefficient (Wildman–Crippen LogP) is -1.89. The van der Waals surface area contributed by atoms with E-state index in [1.807, 2.05) is 0 Å². The van der Waals surface area contributed by atoms with Crippen LogP contribution in [0.3, 0.4) is 0 Å². The van der Waals surface area contributed by atoms with E-state index in [0.29, 0.717) is 5.56 Å². The Balaban J connectivity index is 2.15. The van der Waals surface area contributed by atoms with Gasteiger partial charge in [-0.3, -0.25) is 28.8 Å². The number of rotatable bonds is 11. The summed E-state index contributed by atoms with van der Waals surface area (Å²) < 4.78 is 0. The summed E-state index contributed by atoms with van der Waals surface area (Å²) in [5, 5.41) is 16.9. The number of thioether (sulfide) groups is 1. The van der Waals surface area contributed by atoms with E-state index >= 15 is 0 Å². The highest BCUT2D eigenvalue weighted by molar-refractivity contribution is 8.14. The molecule has 0 unspecified atom stereocenters. The molecule has 0 atom stereocenters. The molecule has 156 valence electrons. The van der Waals surface area contributed by atoms with Crippen LogP contribution < -0.4 is 21.3 Å². The lowest BCUT2D eigenvalue weighted by Gasteiger charge is -2.08. The van der Waals surface area contributed by atoms with E-state index in [4.69, 9.17) is 5.11 Å². The number of nitrogens with one attached hydrogen (secondary N) is 4. The number of hydrogen-bond donors (Lipinski definition) is 5. The van der Waals surface area contributed by atoms with Gasteiger partial charge in [0.1, 0.15) is 6.54 Å². The van der Waals surface area contributed by atoms with Crippen molar-refractivity contribution in [2.24, 2.45) is 0 Å². The van der Waals surface area contributed by atoms with E-state index in [2.05, 4.69) is 21.3 Å². The third-order valence-corrected chi connectivity index (χ3v) is 4.02. The highest BCUT2D eigenvalue weighted by Gasteiger charge is 2.12. The number of carboxylic acids is 1. The van der Waals surface area contributed by atoms with Gasteiger partial charge in [-0.1, -0.05) is 42.1 Å². The van der Waals surface area contributed by atoms with E-state index in [-0.39, 0.29) is 17.4 Å². The molecule has 0 saturated heterocycles. The Morgan fingerprint density at radius 1 is 0.690 bits per heavy atom. The zero-order chi connectivity index (χ0) is 21.6. The van der Waals surface area contributed by atoms with Crippen LogP contribution in [-0.2, 0) is 24.0 Å². The number of carbonyl (C=O) groups excluding carboxylic acids is 5. The summed E-state index contributed by atoms with van der Waals surface area (Å²) in [5.41, 5.74) is 0.464. The van der Waals surface area contributed by atoms with Crippen LogP contribution in [-0.4, -0.2) is 71.8 Å². The largest absolute Gasteiger partial charge is 0.480 e. The molecule has 12 heteroatoms. The fourth-order valence-corrected chi connectivity index (χ4v) is 2.40. The quantitative estimate of drug-likeness (QED) is 0.274. The third kappa shape index (κ3) is 11.1. The average Bonchev–Trinajstić information content (AvgIpc) is 2.72. The van der Waals surface area contributed by atoms with Crippen LogP contribution in [0.1, 0.15) is 10.4 Å². The Labute approximate surface area is 170 Å². The van der Waals surface area contributed by atoms with E-state index < -0.39 is 49.2 Å². The van der Waals surface area contributed by atoms with Crippen molar-refractivity contribution in [3.63, 3.8) is 0 Å². The SMILES string of the molecule is O=C(O)CNC(=O)CNC(=O)CNC(=O)CNC(=O)CSC(=O)c1ccccc1. The van der Waals surface area contributed by atoms with Crippen LogP contribution in [0.2, 0.25) is 0 Å². The number of hydrogen-bond acceptors (Lipinski definition) is 7. The van der Waals surface area contributed by atoms with Crippen molar-refractivity contribution in [1.29, 1.82) is 0 Å². The molecule has 0 saturated carbocycles. The molecule has 0 aliphatic rings. The molecule has 0 radical (unpaired) electrons. The zero-order valence-electron chi connectivity index (χ0n) is 15.2. The van der Waals surface area contributed by atoms with Gasteiger partial charge in [-0.25, -0.2) is 0 Å². The fourth-order valence-electron chi connectivity index (χ4n) is 1.74. The molecule has 4 amide bonds. The number of amides is 4. The number of aliphatic carboxylic acids is 1. The summed E-state index contributed by atoms with van der Waals surface area (Å²) in [7, 11) is 0. The normalized spacial score (nSPS) is 9.79. The van der Waals surface area contributed by atoms with Crippen LogP contribution in [0.4, 0.5) is 0 Å². The molecule has 0 aromatic heterocycles. The van der Waals surface area contributed by atoms with Crippen molar-refractivity contribution in [2.75, 3.05) is 31.9 Å². The first-order chi connectivity index (χ1) is 13.8. The van der Waals surface area contributed by atoms with Crippen molar-refractivity contribution in [3.8, 4) is 0 Å². The van der Waals surface area contributed by atoms with Crippen molar-refractivity contribution in [2.45, 2.75) is 0 Å². The molecule has 1 aromatic carbocycles. The monoisotopic (exact) mass is 424 g/mol.